The topological polar surface area (TPSA) is 93.3 Å². The van der Waals surface area contributed by atoms with Crippen molar-refractivity contribution >= 4 is 17.5 Å². The third-order valence-corrected chi connectivity index (χ3v) is 4.13. The Kier molecular flexibility index (Phi) is 6.29. The Labute approximate surface area is 166 Å². The molecule has 0 radical (unpaired) electrons. The number of halogens is 1. The van der Waals surface area contributed by atoms with E-state index in [2.05, 4.69) is 15.3 Å². The van der Waals surface area contributed by atoms with Crippen LogP contribution in [0.3, 0.4) is 0 Å². The fourth-order valence-corrected chi connectivity index (χ4v) is 2.54. The number of nitrogens with zero attached hydrogens (tertiary/aromatic N) is 1. The van der Waals surface area contributed by atoms with Gasteiger partial charge in [-0.3, -0.25) is 9.59 Å². The van der Waals surface area contributed by atoms with E-state index in [1.165, 1.54) is 6.20 Å². The quantitative estimate of drug-likeness (QED) is 0.596. The normalized spacial score (nSPS) is 10.4. The molecule has 0 bridgehead atoms. The molecular formula is C20H18ClN3O4. The first-order chi connectivity index (χ1) is 13.6. The second-order valence-corrected chi connectivity index (χ2v) is 6.20. The Balaban J connectivity index is 1.55. The van der Waals surface area contributed by atoms with Crippen LogP contribution in [0.25, 0.3) is 11.4 Å². The Morgan fingerprint density at radius 1 is 1.11 bits per heavy atom. The van der Waals surface area contributed by atoms with Gasteiger partial charge in [-0.2, -0.15) is 0 Å². The summed E-state index contributed by atoms with van der Waals surface area (Å²) >= 11 is 5.85. The number of aromatic nitrogens is 2. The van der Waals surface area contributed by atoms with E-state index in [4.69, 9.17) is 21.1 Å². The summed E-state index contributed by atoms with van der Waals surface area (Å²) in [6, 6.07) is 14.0. The molecule has 0 saturated carbocycles. The first-order valence-electron chi connectivity index (χ1n) is 8.47. The molecule has 0 aliphatic carbocycles. The van der Waals surface area contributed by atoms with E-state index in [9.17, 15) is 9.59 Å². The maximum Gasteiger partial charge on any atom is 0.264 e. The lowest BCUT2D eigenvalue weighted by molar-refractivity contribution is 0.0945. The van der Waals surface area contributed by atoms with Crippen LogP contribution in [0.2, 0.25) is 5.02 Å². The minimum Gasteiger partial charge on any atom is -0.497 e. The lowest BCUT2D eigenvalue weighted by atomic mass is 10.2. The number of methoxy groups -OCH3 is 1. The minimum atomic E-state index is -0.520. The molecule has 0 atom stereocenters. The summed E-state index contributed by atoms with van der Waals surface area (Å²) < 4.78 is 10.6. The number of hydrogen-bond acceptors (Lipinski definition) is 5. The van der Waals surface area contributed by atoms with Crippen molar-refractivity contribution in [3.63, 3.8) is 0 Å². The third kappa shape index (κ3) is 4.89. The number of nitrogens with one attached hydrogen (secondary N) is 2. The Hall–Kier alpha value is -3.32. The van der Waals surface area contributed by atoms with Crippen LogP contribution in [0.15, 0.2) is 59.5 Å². The molecule has 0 fully saturated rings. The standard InChI is InChI=1S/C20H18ClN3O4/c1-27-15-6-8-16(9-7-15)28-11-10-22-19(25)17-12-23-18(24-20(17)26)13-2-4-14(21)5-3-13/h2-9,12H,10-11H2,1H3,(H,22,25)(H,23,24,26). The Bertz CT molecular complexity index is 1000. The number of hydrogen-bond donors (Lipinski definition) is 2. The molecule has 8 heteroatoms. The molecule has 0 aliphatic rings. The van der Waals surface area contributed by atoms with Crippen molar-refractivity contribution in [2.24, 2.45) is 0 Å². The van der Waals surface area contributed by atoms with Gasteiger partial charge in [-0.25, -0.2) is 4.98 Å². The molecule has 144 valence electrons. The van der Waals surface area contributed by atoms with Gasteiger partial charge in [0.2, 0.25) is 0 Å². The van der Waals surface area contributed by atoms with Crippen molar-refractivity contribution in [1.29, 1.82) is 0 Å². The molecule has 2 N–H and O–H groups in total. The number of H-pyrrole nitrogens is 1. The number of ether oxygens (including phenoxy) is 2. The average molecular weight is 400 g/mol. The van der Waals surface area contributed by atoms with Gasteiger partial charge in [0.1, 0.15) is 29.5 Å². The second-order valence-electron chi connectivity index (χ2n) is 5.76. The zero-order chi connectivity index (χ0) is 19.9. The summed E-state index contributed by atoms with van der Waals surface area (Å²) in [5, 5.41) is 3.22. The predicted molar refractivity (Wildman–Crippen MR) is 106 cm³/mol. The first kappa shape index (κ1) is 19.4. The van der Waals surface area contributed by atoms with Crippen molar-refractivity contribution in [3.05, 3.63) is 75.7 Å². The van der Waals surface area contributed by atoms with E-state index < -0.39 is 11.5 Å². The van der Waals surface area contributed by atoms with E-state index >= 15 is 0 Å². The molecule has 0 spiro atoms. The zero-order valence-electron chi connectivity index (χ0n) is 15.1. The number of benzene rings is 2. The summed E-state index contributed by atoms with van der Waals surface area (Å²) in [6.45, 7) is 0.496. The second kappa shape index (κ2) is 9.05. The number of carbonyl (C=O) groups is 1. The predicted octanol–water partition coefficient (Wildman–Crippen LogP) is 2.91. The summed E-state index contributed by atoms with van der Waals surface area (Å²) in [6.07, 6.45) is 1.25. The zero-order valence-corrected chi connectivity index (χ0v) is 15.8. The van der Waals surface area contributed by atoms with E-state index in [1.54, 1.807) is 55.6 Å². The minimum absolute atomic E-state index is 0.0674. The van der Waals surface area contributed by atoms with Crippen LogP contribution in [-0.2, 0) is 0 Å². The highest BCUT2D eigenvalue weighted by molar-refractivity contribution is 6.30. The van der Waals surface area contributed by atoms with Gasteiger partial charge in [0.25, 0.3) is 11.5 Å². The highest BCUT2D eigenvalue weighted by atomic mass is 35.5. The molecule has 0 aliphatic heterocycles. The monoisotopic (exact) mass is 399 g/mol. The maximum absolute atomic E-state index is 12.2. The fraction of sp³-hybridized carbons (Fsp3) is 0.150. The fourth-order valence-electron chi connectivity index (χ4n) is 2.41. The number of rotatable bonds is 7. The Morgan fingerprint density at radius 2 is 1.79 bits per heavy atom. The average Bonchev–Trinajstić information content (AvgIpc) is 2.72. The number of carbonyl (C=O) groups excluding carboxylic acids is 1. The summed E-state index contributed by atoms with van der Waals surface area (Å²) in [5.41, 5.74) is 0.108. The molecule has 0 unspecified atom stereocenters. The van der Waals surface area contributed by atoms with Crippen molar-refractivity contribution in [1.82, 2.24) is 15.3 Å². The maximum atomic E-state index is 12.2. The van der Waals surface area contributed by atoms with Crippen molar-refractivity contribution in [2.75, 3.05) is 20.3 Å². The molecule has 3 aromatic rings. The van der Waals surface area contributed by atoms with Crippen LogP contribution in [0.5, 0.6) is 11.5 Å². The van der Waals surface area contributed by atoms with Gasteiger partial charge >= 0.3 is 0 Å². The van der Waals surface area contributed by atoms with Gasteiger partial charge < -0.3 is 19.8 Å². The molecule has 1 heterocycles. The molecule has 1 amide bonds. The van der Waals surface area contributed by atoms with Crippen LogP contribution in [0.4, 0.5) is 0 Å². The van der Waals surface area contributed by atoms with Crippen molar-refractivity contribution in [3.8, 4) is 22.9 Å². The van der Waals surface area contributed by atoms with Gasteiger partial charge in [0, 0.05) is 16.8 Å². The van der Waals surface area contributed by atoms with Crippen molar-refractivity contribution in [2.45, 2.75) is 0 Å². The molecular weight excluding hydrogens is 382 g/mol. The first-order valence-corrected chi connectivity index (χ1v) is 8.85. The molecule has 1 aromatic heterocycles. The molecule has 3 rings (SSSR count). The van der Waals surface area contributed by atoms with Gasteiger partial charge in [-0.1, -0.05) is 11.6 Å². The Morgan fingerprint density at radius 3 is 2.43 bits per heavy atom. The van der Waals surface area contributed by atoms with Crippen LogP contribution in [0.1, 0.15) is 10.4 Å². The summed E-state index contributed by atoms with van der Waals surface area (Å²) in [5.74, 6) is 1.23. The summed E-state index contributed by atoms with van der Waals surface area (Å²) in [4.78, 5) is 31.2. The molecule has 28 heavy (non-hydrogen) atoms. The van der Waals surface area contributed by atoms with Gasteiger partial charge in [-0.15, -0.1) is 0 Å². The highest BCUT2D eigenvalue weighted by Crippen LogP contribution is 2.17. The lowest BCUT2D eigenvalue weighted by Gasteiger charge is -2.08. The van der Waals surface area contributed by atoms with Gasteiger partial charge in [0.15, 0.2) is 0 Å². The van der Waals surface area contributed by atoms with E-state index in [1.807, 2.05) is 0 Å². The largest absolute Gasteiger partial charge is 0.497 e. The highest BCUT2D eigenvalue weighted by Gasteiger charge is 2.12. The molecule has 7 nitrogen and oxygen atoms in total. The van der Waals surface area contributed by atoms with Crippen molar-refractivity contribution < 1.29 is 14.3 Å². The number of aromatic amines is 1. The molecule has 0 saturated heterocycles. The van der Waals surface area contributed by atoms with Crippen LogP contribution in [-0.4, -0.2) is 36.1 Å². The van der Waals surface area contributed by atoms with Crippen LogP contribution < -0.4 is 20.3 Å². The number of amides is 1. The smallest absolute Gasteiger partial charge is 0.264 e. The van der Waals surface area contributed by atoms with E-state index in [0.717, 1.165) is 5.75 Å². The van der Waals surface area contributed by atoms with E-state index in [-0.39, 0.29) is 18.7 Å². The molecule has 2 aromatic carbocycles. The van der Waals surface area contributed by atoms with E-state index in [0.29, 0.717) is 22.2 Å². The summed E-state index contributed by atoms with van der Waals surface area (Å²) in [7, 11) is 1.59. The van der Waals surface area contributed by atoms with Crippen LogP contribution in [0, 0.1) is 0 Å². The third-order valence-electron chi connectivity index (χ3n) is 3.88. The van der Waals surface area contributed by atoms with Gasteiger partial charge in [-0.05, 0) is 48.5 Å². The van der Waals surface area contributed by atoms with Gasteiger partial charge in [0.05, 0.1) is 13.7 Å². The van der Waals surface area contributed by atoms with Crippen LogP contribution >= 0.6 is 11.6 Å². The lowest BCUT2D eigenvalue weighted by Crippen LogP contribution is -2.32. The SMILES string of the molecule is COc1ccc(OCCNC(=O)c2cnc(-c3ccc(Cl)cc3)[nH]c2=O)cc1.